The maximum atomic E-state index is 13.8. The maximum absolute atomic E-state index is 13.8. The molecule has 6 heteroatoms. The highest BCUT2D eigenvalue weighted by atomic mass is 19.1. The molecule has 0 unspecified atom stereocenters. The van der Waals surface area contributed by atoms with Crippen LogP contribution in [0.5, 0.6) is 5.75 Å². The fourth-order valence-electron chi connectivity index (χ4n) is 3.58. The van der Waals surface area contributed by atoms with Gasteiger partial charge in [0.05, 0.1) is 6.61 Å². The van der Waals surface area contributed by atoms with E-state index in [2.05, 4.69) is 22.5 Å². The van der Waals surface area contributed by atoms with Gasteiger partial charge >= 0.3 is 0 Å². The van der Waals surface area contributed by atoms with Gasteiger partial charge in [-0.25, -0.2) is 4.39 Å². The van der Waals surface area contributed by atoms with Crippen LogP contribution in [0.4, 0.5) is 4.39 Å². The van der Waals surface area contributed by atoms with Crippen molar-refractivity contribution in [3.05, 3.63) is 29.1 Å². The molecular formula is C19H28FN3O2. The van der Waals surface area contributed by atoms with Crippen molar-refractivity contribution >= 4 is 5.96 Å². The van der Waals surface area contributed by atoms with Crippen molar-refractivity contribution in [2.75, 3.05) is 26.9 Å². The number of guanidine groups is 1. The minimum atomic E-state index is -0.250. The Morgan fingerprint density at radius 1 is 1.32 bits per heavy atom. The Morgan fingerprint density at radius 3 is 2.84 bits per heavy atom. The highest BCUT2D eigenvalue weighted by molar-refractivity contribution is 5.79. The summed E-state index contributed by atoms with van der Waals surface area (Å²) in [4.78, 5) is 4.29. The molecule has 138 valence electrons. The SMILES string of the molecule is CCC1(CNC(=NC)NCCc2cc(F)cc3c2OCOC3)CCC1. The molecule has 0 saturated heterocycles. The maximum Gasteiger partial charge on any atom is 0.191 e. The number of hydrogen-bond acceptors (Lipinski definition) is 3. The second kappa shape index (κ2) is 8.04. The Kier molecular flexibility index (Phi) is 5.78. The molecular weight excluding hydrogens is 321 g/mol. The van der Waals surface area contributed by atoms with Crippen LogP contribution in [0.15, 0.2) is 17.1 Å². The van der Waals surface area contributed by atoms with E-state index in [9.17, 15) is 4.39 Å². The van der Waals surface area contributed by atoms with Gasteiger partial charge < -0.3 is 20.1 Å². The molecule has 1 aliphatic carbocycles. The first-order valence-corrected chi connectivity index (χ1v) is 9.12. The number of fused-ring (bicyclic) bond motifs is 1. The molecule has 0 atom stereocenters. The molecule has 2 aliphatic rings. The molecule has 2 N–H and O–H groups in total. The zero-order valence-corrected chi connectivity index (χ0v) is 15.2. The van der Waals surface area contributed by atoms with Gasteiger partial charge in [0.1, 0.15) is 11.6 Å². The van der Waals surface area contributed by atoms with Gasteiger partial charge in [-0.05, 0) is 48.8 Å². The molecule has 1 fully saturated rings. The van der Waals surface area contributed by atoms with Gasteiger partial charge in [0.15, 0.2) is 12.8 Å². The summed E-state index contributed by atoms with van der Waals surface area (Å²) in [5.74, 6) is 1.31. The molecule has 0 amide bonds. The third kappa shape index (κ3) is 4.24. The second-order valence-electron chi connectivity index (χ2n) is 6.97. The Morgan fingerprint density at radius 2 is 2.16 bits per heavy atom. The van der Waals surface area contributed by atoms with Gasteiger partial charge in [-0.1, -0.05) is 13.3 Å². The normalized spacial score (nSPS) is 18.8. The quantitative estimate of drug-likeness (QED) is 0.612. The Labute approximate surface area is 149 Å². The van der Waals surface area contributed by atoms with Gasteiger partial charge in [-0.15, -0.1) is 0 Å². The lowest BCUT2D eigenvalue weighted by Gasteiger charge is -2.41. The van der Waals surface area contributed by atoms with E-state index < -0.39 is 0 Å². The minimum Gasteiger partial charge on any atom is -0.467 e. The number of benzene rings is 1. The molecule has 0 aromatic heterocycles. The van der Waals surface area contributed by atoms with Crippen molar-refractivity contribution in [1.82, 2.24) is 10.6 Å². The van der Waals surface area contributed by atoms with Crippen LogP contribution in [0.1, 0.15) is 43.7 Å². The van der Waals surface area contributed by atoms with Crippen LogP contribution in [0.25, 0.3) is 0 Å². The first-order chi connectivity index (χ1) is 12.2. The van der Waals surface area contributed by atoms with Crippen LogP contribution in [0.3, 0.4) is 0 Å². The van der Waals surface area contributed by atoms with Gasteiger partial charge in [-0.3, -0.25) is 4.99 Å². The van der Waals surface area contributed by atoms with E-state index in [0.717, 1.165) is 29.4 Å². The van der Waals surface area contributed by atoms with E-state index in [1.807, 2.05) is 0 Å². The number of nitrogens with zero attached hydrogens (tertiary/aromatic N) is 1. The summed E-state index contributed by atoms with van der Waals surface area (Å²) in [6.07, 6.45) is 5.78. The van der Waals surface area contributed by atoms with Crippen LogP contribution < -0.4 is 15.4 Å². The third-order valence-electron chi connectivity index (χ3n) is 5.46. The third-order valence-corrected chi connectivity index (χ3v) is 5.46. The standard InChI is InChI=1S/C19H28FN3O2/c1-3-19(6-4-7-19)12-23-18(21-2)22-8-5-14-9-16(20)10-15-11-24-13-25-17(14)15/h9-10H,3-8,11-13H2,1-2H3,(H2,21,22,23). The largest absolute Gasteiger partial charge is 0.467 e. The first kappa shape index (κ1) is 18.0. The number of aliphatic imine (C=N–C) groups is 1. The molecule has 1 aliphatic heterocycles. The predicted octanol–water partition coefficient (Wildman–Crippen LogP) is 2.98. The predicted molar refractivity (Wildman–Crippen MR) is 96.3 cm³/mol. The van der Waals surface area contributed by atoms with Gasteiger partial charge in [0, 0.05) is 25.7 Å². The lowest BCUT2D eigenvalue weighted by atomic mass is 9.67. The summed E-state index contributed by atoms with van der Waals surface area (Å²) in [5, 5.41) is 6.76. The molecule has 0 spiro atoms. The van der Waals surface area contributed by atoms with Crippen LogP contribution >= 0.6 is 0 Å². The van der Waals surface area contributed by atoms with E-state index in [1.54, 1.807) is 13.1 Å². The number of rotatable bonds is 6. The molecule has 5 nitrogen and oxygen atoms in total. The van der Waals surface area contributed by atoms with Crippen LogP contribution in [0.2, 0.25) is 0 Å². The summed E-state index contributed by atoms with van der Waals surface area (Å²) >= 11 is 0. The highest BCUT2D eigenvalue weighted by Gasteiger charge is 2.34. The average Bonchev–Trinajstić information content (AvgIpc) is 2.59. The van der Waals surface area contributed by atoms with Crippen molar-refractivity contribution in [1.29, 1.82) is 0 Å². The van der Waals surface area contributed by atoms with E-state index in [4.69, 9.17) is 9.47 Å². The zero-order valence-electron chi connectivity index (χ0n) is 15.2. The van der Waals surface area contributed by atoms with Crippen molar-refractivity contribution in [3.63, 3.8) is 0 Å². The van der Waals surface area contributed by atoms with Crippen LogP contribution in [0, 0.1) is 11.2 Å². The van der Waals surface area contributed by atoms with Crippen LogP contribution in [-0.4, -0.2) is 32.9 Å². The Hall–Kier alpha value is -1.82. The molecule has 25 heavy (non-hydrogen) atoms. The molecule has 1 aromatic rings. The fourth-order valence-corrected chi connectivity index (χ4v) is 3.58. The molecule has 3 rings (SSSR count). The number of halogens is 1. The molecule has 0 bridgehead atoms. The number of ether oxygens (including phenoxy) is 2. The zero-order chi connectivity index (χ0) is 17.7. The summed E-state index contributed by atoms with van der Waals surface area (Å²) in [6.45, 7) is 4.50. The second-order valence-corrected chi connectivity index (χ2v) is 6.97. The van der Waals surface area contributed by atoms with Crippen molar-refractivity contribution in [2.45, 2.75) is 45.6 Å². The smallest absolute Gasteiger partial charge is 0.191 e. The van der Waals surface area contributed by atoms with Gasteiger partial charge in [-0.2, -0.15) is 0 Å². The molecule has 1 saturated carbocycles. The van der Waals surface area contributed by atoms with E-state index in [-0.39, 0.29) is 12.6 Å². The van der Waals surface area contributed by atoms with E-state index in [1.165, 1.54) is 31.7 Å². The minimum absolute atomic E-state index is 0.224. The van der Waals surface area contributed by atoms with E-state index in [0.29, 0.717) is 25.0 Å². The summed E-state index contributed by atoms with van der Waals surface area (Å²) < 4.78 is 24.6. The van der Waals surface area contributed by atoms with Crippen molar-refractivity contribution in [2.24, 2.45) is 10.4 Å². The Balaban J connectivity index is 1.52. The monoisotopic (exact) mass is 349 g/mol. The topological polar surface area (TPSA) is 54.9 Å². The molecule has 0 radical (unpaired) electrons. The molecule has 1 aromatic carbocycles. The van der Waals surface area contributed by atoms with Crippen molar-refractivity contribution in [3.8, 4) is 5.75 Å². The Bertz CT molecular complexity index is 624. The highest BCUT2D eigenvalue weighted by Crippen LogP contribution is 2.43. The number of hydrogen-bond donors (Lipinski definition) is 2. The number of nitrogens with one attached hydrogen (secondary N) is 2. The van der Waals surface area contributed by atoms with Gasteiger partial charge in [0.2, 0.25) is 0 Å². The molecule has 1 heterocycles. The summed E-state index contributed by atoms with van der Waals surface area (Å²) in [5.41, 5.74) is 2.08. The van der Waals surface area contributed by atoms with E-state index >= 15 is 0 Å². The first-order valence-electron chi connectivity index (χ1n) is 9.12. The fraction of sp³-hybridized carbons (Fsp3) is 0.632. The van der Waals surface area contributed by atoms with Crippen molar-refractivity contribution < 1.29 is 13.9 Å². The van der Waals surface area contributed by atoms with Gasteiger partial charge in [0.25, 0.3) is 0 Å². The average molecular weight is 349 g/mol. The lowest BCUT2D eigenvalue weighted by molar-refractivity contribution is -0.0172. The lowest BCUT2D eigenvalue weighted by Crippen LogP contribution is -2.46. The summed E-state index contributed by atoms with van der Waals surface area (Å²) in [6, 6.07) is 3.02. The van der Waals surface area contributed by atoms with Crippen LogP contribution in [-0.2, 0) is 17.8 Å². The summed E-state index contributed by atoms with van der Waals surface area (Å²) in [7, 11) is 1.78.